The number of hydrogen-bond donors (Lipinski definition) is 0. The zero-order chi connectivity index (χ0) is 7.61. The highest BCUT2D eigenvalue weighted by molar-refractivity contribution is 14.1. The van der Waals surface area contributed by atoms with E-state index in [1.54, 1.807) is 34.7 Å². The molecule has 0 aliphatic carbocycles. The fraction of sp³-hybridized carbons (Fsp3) is 0.143. The summed E-state index contributed by atoms with van der Waals surface area (Å²) in [5.41, 5.74) is 0.718. The number of alkyl halides is 1. The molecule has 0 atom stereocenters. The second-order valence-electron chi connectivity index (χ2n) is 1.46. The topological polar surface area (TPSA) is 0 Å². The molecule has 0 heterocycles. The number of halogens is 1. The Morgan fingerprint density at radius 2 is 2.00 bits per heavy atom. The monoisotopic (exact) mass is 220 g/mol. The highest BCUT2D eigenvalue weighted by Crippen LogP contribution is 2.02. The normalized spacial score (nSPS) is 14.6. The molecule has 0 radical (unpaired) electrons. The lowest BCUT2D eigenvalue weighted by molar-refractivity contribution is 1.46. The van der Waals surface area contributed by atoms with Crippen molar-refractivity contribution in [2.75, 3.05) is 0 Å². The van der Waals surface area contributed by atoms with Gasteiger partial charge in [-0.2, -0.15) is 0 Å². The third-order valence-corrected chi connectivity index (χ3v) is 1.51. The van der Waals surface area contributed by atoms with E-state index in [1.165, 1.54) is 0 Å². The molecule has 1 rings (SSSR count). The van der Waals surface area contributed by atoms with Gasteiger partial charge in [0.05, 0.1) is 0 Å². The molecule has 1 heteroatoms. The lowest BCUT2D eigenvalue weighted by atomic mass is 10.2. The molecule has 0 bridgehead atoms. The average Bonchev–Trinajstić information content (AvgIpc) is 1.88. The van der Waals surface area contributed by atoms with E-state index in [0.717, 1.165) is 5.56 Å². The summed E-state index contributed by atoms with van der Waals surface area (Å²) in [7, 11) is 0. The summed E-state index contributed by atoms with van der Waals surface area (Å²) in [6, 6.07) is 9.13. The molecule has 0 saturated heterocycles. The second-order valence-corrected chi connectivity index (χ2v) is 2.00. The molecule has 1 aromatic carbocycles. The van der Waals surface area contributed by atoms with Crippen LogP contribution in [0, 0.1) is 0 Å². The van der Waals surface area contributed by atoms with E-state index in [2.05, 4.69) is 0 Å². The maximum absolute atomic E-state index is 7.33. The lowest BCUT2D eigenvalue weighted by Gasteiger charge is -1.88. The first-order valence-electron chi connectivity index (χ1n) is 3.35. The van der Waals surface area contributed by atoms with Gasteiger partial charge in [-0.1, -0.05) is 52.9 Å². The summed E-state index contributed by atoms with van der Waals surface area (Å²) in [4.78, 5) is 0. The Morgan fingerprint density at radius 3 is 2.38 bits per heavy atom. The Bertz CT molecular complexity index is 203. The average molecular weight is 220 g/mol. The van der Waals surface area contributed by atoms with Gasteiger partial charge in [-0.05, 0) is 5.56 Å². The van der Waals surface area contributed by atoms with Crippen molar-refractivity contribution in [1.82, 2.24) is 0 Å². The molecule has 8 heavy (non-hydrogen) atoms. The van der Waals surface area contributed by atoms with E-state index in [4.69, 9.17) is 2.74 Å². The van der Waals surface area contributed by atoms with Crippen molar-refractivity contribution < 1.29 is 2.74 Å². The molecule has 42 valence electrons. The molecule has 0 aromatic heterocycles. The zero-order valence-electron chi connectivity index (χ0n) is 6.26. The van der Waals surface area contributed by atoms with Crippen LogP contribution in [0.25, 0.3) is 0 Å². The molecule has 0 unspecified atom stereocenters. The van der Waals surface area contributed by atoms with Crippen LogP contribution in [0.1, 0.15) is 8.30 Å². The summed E-state index contributed by atoms with van der Waals surface area (Å²) < 4.78 is 13.4. The number of hydrogen-bond acceptors (Lipinski definition) is 0. The van der Waals surface area contributed by atoms with Gasteiger partial charge in [0, 0.05) is 7.12 Å². The van der Waals surface area contributed by atoms with Crippen molar-refractivity contribution in [3.05, 3.63) is 35.9 Å². The molecule has 0 fully saturated rings. The molecule has 0 nitrogen and oxygen atoms in total. The van der Waals surface area contributed by atoms with Crippen LogP contribution in [0.3, 0.4) is 0 Å². The highest BCUT2D eigenvalue weighted by Gasteiger charge is 1.81. The predicted molar refractivity (Wildman–Crippen MR) is 44.2 cm³/mol. The Labute approximate surface area is 65.9 Å². The number of rotatable bonds is 1. The van der Waals surface area contributed by atoms with Crippen LogP contribution >= 0.6 is 22.6 Å². The molecule has 0 N–H and O–H groups in total. The zero-order valence-corrected chi connectivity index (χ0v) is 6.42. The quantitative estimate of drug-likeness (QED) is 0.504. The first-order valence-corrected chi connectivity index (χ1v) is 3.43. The second kappa shape index (κ2) is 3.07. The minimum absolute atomic E-state index is 0.718. The summed E-state index contributed by atoms with van der Waals surface area (Å²) >= 11 is 1.78. The minimum Gasteiger partial charge on any atom is -0.0812 e. The highest BCUT2D eigenvalue weighted by atomic mass is 127. The fourth-order valence-corrected chi connectivity index (χ4v) is 0.861. The van der Waals surface area contributed by atoms with Crippen LogP contribution < -0.4 is 0 Å². The van der Waals surface area contributed by atoms with Gasteiger partial charge in [0.2, 0.25) is 0 Å². The van der Waals surface area contributed by atoms with E-state index < -0.39 is 4.38 Å². The largest absolute Gasteiger partial charge is 0.0812 e. The lowest BCUT2D eigenvalue weighted by Crippen LogP contribution is -1.70. The first kappa shape index (κ1) is 3.88. The standard InChI is InChI=1S/C7H7I/c8-6-7-4-2-1-3-5-7/h1-5H,6H2/i6D2. The van der Waals surface area contributed by atoms with Crippen LogP contribution in [-0.2, 0) is 4.38 Å². The first-order chi connectivity index (χ1) is 4.61. The summed E-state index contributed by atoms with van der Waals surface area (Å²) in [6.07, 6.45) is 0. The summed E-state index contributed by atoms with van der Waals surface area (Å²) in [5.74, 6) is 0. The molecule has 0 aliphatic heterocycles. The Balaban J connectivity index is 2.97. The van der Waals surface area contributed by atoms with Crippen molar-refractivity contribution in [2.24, 2.45) is 0 Å². The predicted octanol–water partition coefficient (Wildman–Crippen LogP) is 2.62. The summed E-state index contributed by atoms with van der Waals surface area (Å²) in [6.45, 7) is 0. The maximum atomic E-state index is 7.33. The van der Waals surface area contributed by atoms with Gasteiger partial charge in [0.1, 0.15) is 0 Å². The van der Waals surface area contributed by atoms with Crippen LogP contribution in [0.5, 0.6) is 0 Å². The Morgan fingerprint density at radius 1 is 1.38 bits per heavy atom. The fourth-order valence-electron chi connectivity index (χ4n) is 0.501. The van der Waals surface area contributed by atoms with Crippen molar-refractivity contribution in [3.63, 3.8) is 0 Å². The van der Waals surface area contributed by atoms with Crippen LogP contribution in [0.15, 0.2) is 30.3 Å². The van der Waals surface area contributed by atoms with Crippen molar-refractivity contribution in [1.29, 1.82) is 0 Å². The molecule has 0 amide bonds. The number of benzene rings is 1. The molecule has 0 saturated carbocycles. The van der Waals surface area contributed by atoms with Gasteiger partial charge in [-0.25, -0.2) is 0 Å². The smallest absolute Gasteiger partial charge is 0.0427 e. The van der Waals surface area contributed by atoms with E-state index in [1.807, 2.05) is 18.2 Å². The van der Waals surface area contributed by atoms with Crippen LogP contribution in [-0.4, -0.2) is 0 Å². The van der Waals surface area contributed by atoms with Crippen LogP contribution in [0.2, 0.25) is 0 Å². The third kappa shape index (κ3) is 1.47. The van der Waals surface area contributed by atoms with Gasteiger partial charge in [-0.3, -0.25) is 0 Å². The van der Waals surface area contributed by atoms with Crippen molar-refractivity contribution in [3.8, 4) is 0 Å². The molecular weight excluding hydrogens is 211 g/mol. The maximum Gasteiger partial charge on any atom is 0.0427 e. The summed E-state index contributed by atoms with van der Waals surface area (Å²) in [5, 5.41) is 0. The van der Waals surface area contributed by atoms with Crippen molar-refractivity contribution >= 4 is 22.6 Å². The van der Waals surface area contributed by atoms with E-state index in [0.29, 0.717) is 0 Å². The van der Waals surface area contributed by atoms with Gasteiger partial charge >= 0.3 is 0 Å². The van der Waals surface area contributed by atoms with Gasteiger partial charge < -0.3 is 0 Å². The van der Waals surface area contributed by atoms with Gasteiger partial charge in [0.25, 0.3) is 0 Å². The Hall–Kier alpha value is -0.0500. The van der Waals surface area contributed by atoms with Gasteiger partial charge in [0.15, 0.2) is 0 Å². The molecule has 1 aromatic rings. The van der Waals surface area contributed by atoms with E-state index >= 15 is 0 Å². The molecule has 0 spiro atoms. The SMILES string of the molecule is [2H]C([2H])(I)c1ccccc1. The molecular formula is C7H7I. The third-order valence-electron chi connectivity index (χ3n) is 0.883. The van der Waals surface area contributed by atoms with Gasteiger partial charge in [-0.15, -0.1) is 0 Å². The van der Waals surface area contributed by atoms with E-state index in [9.17, 15) is 0 Å². The molecule has 0 aliphatic rings. The van der Waals surface area contributed by atoms with E-state index in [-0.39, 0.29) is 0 Å². The minimum atomic E-state index is -1.24. The Kier molecular flexibility index (Phi) is 1.49. The van der Waals surface area contributed by atoms with Crippen LogP contribution in [0.4, 0.5) is 0 Å². The van der Waals surface area contributed by atoms with Crippen molar-refractivity contribution in [2.45, 2.75) is 4.38 Å².